The van der Waals surface area contributed by atoms with E-state index in [2.05, 4.69) is 0 Å². The monoisotopic (exact) mass is 212 g/mol. The SMILES string of the molecule is Cc1cscc1C(=O)N(C)CCCN. The highest BCUT2D eigenvalue weighted by molar-refractivity contribution is 7.08. The van der Waals surface area contributed by atoms with Crippen molar-refractivity contribution in [2.75, 3.05) is 20.1 Å². The van der Waals surface area contributed by atoms with Crippen molar-refractivity contribution >= 4 is 17.2 Å². The first kappa shape index (κ1) is 11.2. The molecule has 4 heteroatoms. The summed E-state index contributed by atoms with van der Waals surface area (Å²) in [6.45, 7) is 3.31. The number of hydrogen-bond acceptors (Lipinski definition) is 3. The number of nitrogens with two attached hydrogens (primary N) is 1. The lowest BCUT2D eigenvalue weighted by Gasteiger charge is -2.16. The van der Waals surface area contributed by atoms with E-state index in [0.717, 1.165) is 24.1 Å². The Bertz CT molecular complexity index is 309. The van der Waals surface area contributed by atoms with Gasteiger partial charge in [0.25, 0.3) is 5.91 Å². The zero-order valence-electron chi connectivity index (χ0n) is 8.62. The summed E-state index contributed by atoms with van der Waals surface area (Å²) in [5.74, 6) is 0.0946. The Balaban J connectivity index is 2.61. The van der Waals surface area contributed by atoms with Crippen molar-refractivity contribution in [2.45, 2.75) is 13.3 Å². The van der Waals surface area contributed by atoms with Gasteiger partial charge in [0.2, 0.25) is 0 Å². The molecule has 1 rings (SSSR count). The predicted octanol–water partition coefficient (Wildman–Crippen LogP) is 1.48. The third-order valence-corrected chi connectivity index (χ3v) is 2.99. The van der Waals surface area contributed by atoms with Crippen LogP contribution in [0, 0.1) is 6.92 Å². The third-order valence-electron chi connectivity index (χ3n) is 2.13. The maximum Gasteiger partial charge on any atom is 0.254 e. The van der Waals surface area contributed by atoms with E-state index >= 15 is 0 Å². The van der Waals surface area contributed by atoms with Gasteiger partial charge in [0.1, 0.15) is 0 Å². The van der Waals surface area contributed by atoms with E-state index < -0.39 is 0 Å². The minimum absolute atomic E-state index is 0.0946. The molecule has 0 aliphatic carbocycles. The van der Waals surface area contributed by atoms with Crippen LogP contribution in [-0.4, -0.2) is 30.9 Å². The fraction of sp³-hybridized carbons (Fsp3) is 0.500. The van der Waals surface area contributed by atoms with Gasteiger partial charge in [-0.2, -0.15) is 11.3 Å². The molecule has 3 nitrogen and oxygen atoms in total. The lowest BCUT2D eigenvalue weighted by Crippen LogP contribution is -2.29. The Morgan fingerprint density at radius 1 is 1.57 bits per heavy atom. The number of aryl methyl sites for hydroxylation is 1. The van der Waals surface area contributed by atoms with Crippen molar-refractivity contribution in [1.29, 1.82) is 0 Å². The van der Waals surface area contributed by atoms with E-state index in [9.17, 15) is 4.79 Å². The van der Waals surface area contributed by atoms with Crippen LogP contribution in [0.25, 0.3) is 0 Å². The molecule has 0 aliphatic heterocycles. The van der Waals surface area contributed by atoms with Crippen LogP contribution >= 0.6 is 11.3 Å². The Hall–Kier alpha value is -0.870. The van der Waals surface area contributed by atoms with Gasteiger partial charge in [0.05, 0.1) is 5.56 Å². The lowest BCUT2D eigenvalue weighted by molar-refractivity contribution is 0.0794. The van der Waals surface area contributed by atoms with Gasteiger partial charge in [-0.15, -0.1) is 0 Å². The summed E-state index contributed by atoms with van der Waals surface area (Å²) < 4.78 is 0. The molecule has 0 fully saturated rings. The molecule has 0 aromatic carbocycles. The van der Waals surface area contributed by atoms with Crippen LogP contribution in [0.15, 0.2) is 10.8 Å². The molecule has 1 aromatic rings. The van der Waals surface area contributed by atoms with Crippen LogP contribution in [0.5, 0.6) is 0 Å². The summed E-state index contributed by atoms with van der Waals surface area (Å²) in [7, 11) is 1.81. The summed E-state index contributed by atoms with van der Waals surface area (Å²) in [6, 6.07) is 0. The lowest BCUT2D eigenvalue weighted by atomic mass is 10.2. The van der Waals surface area contributed by atoms with Crippen molar-refractivity contribution in [1.82, 2.24) is 4.90 Å². The molecule has 0 atom stereocenters. The van der Waals surface area contributed by atoms with Crippen LogP contribution < -0.4 is 5.73 Å². The van der Waals surface area contributed by atoms with E-state index in [-0.39, 0.29) is 5.91 Å². The molecule has 1 aromatic heterocycles. The first-order chi connectivity index (χ1) is 6.66. The van der Waals surface area contributed by atoms with Crippen LogP contribution in [0.4, 0.5) is 0 Å². The number of nitrogens with zero attached hydrogens (tertiary/aromatic N) is 1. The van der Waals surface area contributed by atoms with Crippen LogP contribution in [0.1, 0.15) is 22.3 Å². The fourth-order valence-electron chi connectivity index (χ4n) is 1.22. The Morgan fingerprint density at radius 2 is 2.29 bits per heavy atom. The van der Waals surface area contributed by atoms with Crippen LogP contribution in [0.3, 0.4) is 0 Å². The average Bonchev–Trinajstić information content (AvgIpc) is 2.59. The zero-order chi connectivity index (χ0) is 10.6. The maximum atomic E-state index is 11.8. The van der Waals surface area contributed by atoms with Crippen LogP contribution in [0.2, 0.25) is 0 Å². The molecule has 0 bridgehead atoms. The first-order valence-electron chi connectivity index (χ1n) is 4.65. The topological polar surface area (TPSA) is 46.3 Å². The molecular weight excluding hydrogens is 196 g/mol. The smallest absolute Gasteiger partial charge is 0.254 e. The second-order valence-electron chi connectivity index (χ2n) is 3.34. The van der Waals surface area contributed by atoms with Crippen molar-refractivity contribution < 1.29 is 4.79 Å². The van der Waals surface area contributed by atoms with Crippen molar-refractivity contribution in [3.05, 3.63) is 21.9 Å². The molecule has 0 unspecified atom stereocenters. The van der Waals surface area contributed by atoms with Gasteiger partial charge in [-0.25, -0.2) is 0 Å². The standard InChI is InChI=1S/C10H16N2OS/c1-8-6-14-7-9(8)10(13)12(2)5-3-4-11/h6-7H,3-5,11H2,1-2H3. The van der Waals surface area contributed by atoms with E-state index in [1.54, 1.807) is 16.2 Å². The number of rotatable bonds is 4. The second-order valence-corrected chi connectivity index (χ2v) is 4.08. The number of hydrogen-bond donors (Lipinski definition) is 1. The van der Waals surface area contributed by atoms with Crippen molar-refractivity contribution in [2.24, 2.45) is 5.73 Å². The van der Waals surface area contributed by atoms with Gasteiger partial charge in [-0.1, -0.05) is 0 Å². The molecule has 78 valence electrons. The van der Waals surface area contributed by atoms with Crippen LogP contribution in [-0.2, 0) is 0 Å². The van der Waals surface area contributed by atoms with Crippen molar-refractivity contribution in [3.8, 4) is 0 Å². The van der Waals surface area contributed by atoms with Gasteiger partial charge in [0.15, 0.2) is 0 Å². The quantitative estimate of drug-likeness (QED) is 0.821. The summed E-state index contributed by atoms with van der Waals surface area (Å²) in [5, 5.41) is 3.89. The first-order valence-corrected chi connectivity index (χ1v) is 5.59. The normalized spacial score (nSPS) is 10.2. The highest BCUT2D eigenvalue weighted by Crippen LogP contribution is 2.15. The number of carbonyl (C=O) groups is 1. The molecule has 0 radical (unpaired) electrons. The number of carbonyl (C=O) groups excluding carboxylic acids is 1. The highest BCUT2D eigenvalue weighted by atomic mass is 32.1. The Kier molecular flexibility index (Phi) is 4.10. The fourth-order valence-corrected chi connectivity index (χ4v) is 2.04. The van der Waals surface area contributed by atoms with Gasteiger partial charge < -0.3 is 10.6 Å². The third kappa shape index (κ3) is 2.56. The number of amides is 1. The predicted molar refractivity (Wildman–Crippen MR) is 59.7 cm³/mol. The van der Waals surface area contributed by atoms with Gasteiger partial charge in [0, 0.05) is 19.0 Å². The molecular formula is C10H16N2OS. The summed E-state index contributed by atoms with van der Waals surface area (Å²) in [5.41, 5.74) is 7.26. The molecule has 0 spiro atoms. The molecule has 0 saturated carbocycles. The van der Waals surface area contributed by atoms with E-state index in [4.69, 9.17) is 5.73 Å². The molecule has 2 N–H and O–H groups in total. The summed E-state index contributed by atoms with van der Waals surface area (Å²) in [6.07, 6.45) is 0.853. The maximum absolute atomic E-state index is 11.8. The minimum atomic E-state index is 0.0946. The van der Waals surface area contributed by atoms with Crippen molar-refractivity contribution in [3.63, 3.8) is 0 Å². The van der Waals surface area contributed by atoms with E-state index in [1.165, 1.54) is 0 Å². The molecule has 14 heavy (non-hydrogen) atoms. The van der Waals surface area contributed by atoms with E-state index in [0.29, 0.717) is 6.54 Å². The average molecular weight is 212 g/mol. The number of thiophene rings is 1. The molecule has 1 amide bonds. The highest BCUT2D eigenvalue weighted by Gasteiger charge is 2.13. The van der Waals surface area contributed by atoms with Gasteiger partial charge in [-0.05, 0) is 30.8 Å². The summed E-state index contributed by atoms with van der Waals surface area (Å²) >= 11 is 1.56. The second kappa shape index (κ2) is 5.12. The Morgan fingerprint density at radius 3 is 2.79 bits per heavy atom. The molecule has 0 aliphatic rings. The largest absolute Gasteiger partial charge is 0.342 e. The minimum Gasteiger partial charge on any atom is -0.342 e. The van der Waals surface area contributed by atoms with Gasteiger partial charge >= 0.3 is 0 Å². The van der Waals surface area contributed by atoms with E-state index in [1.807, 2.05) is 24.7 Å². The van der Waals surface area contributed by atoms with Gasteiger partial charge in [-0.3, -0.25) is 4.79 Å². The molecule has 1 heterocycles. The zero-order valence-corrected chi connectivity index (χ0v) is 9.43. The Labute approximate surface area is 88.5 Å². The summed E-state index contributed by atoms with van der Waals surface area (Å²) in [4.78, 5) is 13.5. The molecule has 0 saturated heterocycles.